The molecule has 4 nitrogen and oxygen atoms in total. The minimum atomic E-state index is -0.379. The van der Waals surface area contributed by atoms with Gasteiger partial charge in [0, 0.05) is 17.8 Å². The Morgan fingerprint density at radius 3 is 2.53 bits per heavy atom. The Bertz CT molecular complexity index is 329. The van der Waals surface area contributed by atoms with Crippen LogP contribution >= 0.6 is 0 Å². The van der Waals surface area contributed by atoms with E-state index in [1.165, 1.54) is 0 Å². The van der Waals surface area contributed by atoms with E-state index in [0.717, 1.165) is 5.69 Å². The maximum absolute atomic E-state index is 11.7. The summed E-state index contributed by atoms with van der Waals surface area (Å²) < 4.78 is 0. The van der Waals surface area contributed by atoms with Gasteiger partial charge in [-0.1, -0.05) is 20.8 Å². The zero-order chi connectivity index (χ0) is 11.5. The molecule has 15 heavy (non-hydrogen) atoms. The summed E-state index contributed by atoms with van der Waals surface area (Å²) >= 11 is 0. The lowest BCUT2D eigenvalue weighted by Crippen LogP contribution is -2.36. The van der Waals surface area contributed by atoms with Crippen LogP contribution in [0.4, 0.5) is 0 Å². The molecule has 0 spiro atoms. The van der Waals surface area contributed by atoms with Crippen LogP contribution in [-0.4, -0.2) is 15.9 Å². The second kappa shape index (κ2) is 4.38. The third-order valence-corrected chi connectivity index (χ3v) is 2.06. The largest absolute Gasteiger partial charge is 0.347 e. The minimum absolute atomic E-state index is 0.0145. The van der Waals surface area contributed by atoms with Crippen molar-refractivity contribution in [3.05, 3.63) is 24.3 Å². The van der Waals surface area contributed by atoms with E-state index in [-0.39, 0.29) is 17.4 Å². The van der Waals surface area contributed by atoms with Gasteiger partial charge in [-0.05, 0) is 6.92 Å². The summed E-state index contributed by atoms with van der Waals surface area (Å²) in [6.45, 7) is 7.54. The first-order valence-electron chi connectivity index (χ1n) is 4.98. The van der Waals surface area contributed by atoms with Crippen molar-refractivity contribution in [1.29, 1.82) is 0 Å². The minimum Gasteiger partial charge on any atom is -0.347 e. The zero-order valence-corrected chi connectivity index (χ0v) is 9.61. The van der Waals surface area contributed by atoms with Gasteiger partial charge in [0.25, 0.3) is 0 Å². The lowest BCUT2D eigenvalue weighted by Gasteiger charge is -2.21. The van der Waals surface area contributed by atoms with Crippen molar-refractivity contribution < 1.29 is 4.79 Å². The van der Waals surface area contributed by atoms with Crippen molar-refractivity contribution in [3.8, 4) is 0 Å². The SMILES string of the molecule is C[C@H](NC(=O)C(C)(C)C)c1cnccn1. The van der Waals surface area contributed by atoms with Crippen molar-refractivity contribution in [2.75, 3.05) is 0 Å². The molecular weight excluding hydrogens is 190 g/mol. The summed E-state index contributed by atoms with van der Waals surface area (Å²) in [7, 11) is 0. The second-order valence-electron chi connectivity index (χ2n) is 4.58. The third-order valence-electron chi connectivity index (χ3n) is 2.06. The molecule has 0 saturated carbocycles. The van der Waals surface area contributed by atoms with E-state index >= 15 is 0 Å². The van der Waals surface area contributed by atoms with Crippen molar-refractivity contribution in [1.82, 2.24) is 15.3 Å². The molecule has 0 aliphatic carbocycles. The fraction of sp³-hybridized carbons (Fsp3) is 0.545. The van der Waals surface area contributed by atoms with Crippen LogP contribution in [0, 0.1) is 5.41 Å². The summed E-state index contributed by atoms with van der Waals surface area (Å²) in [5.74, 6) is 0.0145. The van der Waals surface area contributed by atoms with Gasteiger partial charge in [-0.15, -0.1) is 0 Å². The van der Waals surface area contributed by atoms with Crippen LogP contribution in [0.1, 0.15) is 39.4 Å². The number of nitrogens with one attached hydrogen (secondary N) is 1. The number of hydrogen-bond donors (Lipinski definition) is 1. The van der Waals surface area contributed by atoms with Gasteiger partial charge < -0.3 is 5.32 Å². The normalized spacial score (nSPS) is 13.3. The molecule has 1 aromatic heterocycles. The fourth-order valence-corrected chi connectivity index (χ4v) is 1.02. The molecule has 0 radical (unpaired) electrons. The molecule has 1 amide bonds. The van der Waals surface area contributed by atoms with E-state index in [4.69, 9.17) is 0 Å². The number of aromatic nitrogens is 2. The van der Waals surface area contributed by atoms with Crippen LogP contribution in [0.5, 0.6) is 0 Å². The summed E-state index contributed by atoms with van der Waals surface area (Å²) in [6.07, 6.45) is 4.89. The topological polar surface area (TPSA) is 54.9 Å². The van der Waals surface area contributed by atoms with Gasteiger partial charge in [-0.2, -0.15) is 0 Å². The summed E-state index contributed by atoms with van der Waals surface area (Å²) in [6, 6.07) is -0.106. The molecule has 1 atom stereocenters. The van der Waals surface area contributed by atoms with E-state index < -0.39 is 0 Å². The van der Waals surface area contributed by atoms with Gasteiger partial charge in [0.2, 0.25) is 5.91 Å². The maximum Gasteiger partial charge on any atom is 0.225 e. The first-order valence-corrected chi connectivity index (χ1v) is 4.98. The van der Waals surface area contributed by atoms with Crippen LogP contribution in [0.25, 0.3) is 0 Å². The third kappa shape index (κ3) is 3.31. The molecule has 0 aliphatic rings. The van der Waals surface area contributed by atoms with Gasteiger partial charge in [-0.3, -0.25) is 14.8 Å². The van der Waals surface area contributed by atoms with Crippen molar-refractivity contribution in [2.45, 2.75) is 33.7 Å². The molecule has 1 heterocycles. The molecule has 0 bridgehead atoms. The number of amides is 1. The summed E-state index contributed by atoms with van der Waals surface area (Å²) in [5, 5.41) is 2.89. The van der Waals surface area contributed by atoms with Crippen LogP contribution < -0.4 is 5.32 Å². The number of nitrogens with zero attached hydrogens (tertiary/aromatic N) is 2. The molecule has 82 valence electrons. The Kier molecular flexibility index (Phi) is 3.39. The van der Waals surface area contributed by atoms with Crippen molar-refractivity contribution >= 4 is 5.91 Å². The molecule has 0 unspecified atom stereocenters. The lowest BCUT2D eigenvalue weighted by atomic mass is 9.95. The second-order valence-corrected chi connectivity index (χ2v) is 4.58. The predicted octanol–water partition coefficient (Wildman–Crippen LogP) is 1.70. The van der Waals surface area contributed by atoms with Crippen molar-refractivity contribution in [2.24, 2.45) is 5.41 Å². The zero-order valence-electron chi connectivity index (χ0n) is 9.61. The summed E-state index contributed by atoms with van der Waals surface area (Å²) in [5.41, 5.74) is 0.395. The molecule has 1 aromatic rings. The molecular formula is C11H17N3O. The van der Waals surface area contributed by atoms with E-state index in [0.29, 0.717) is 0 Å². The number of carbonyl (C=O) groups is 1. The van der Waals surface area contributed by atoms with Crippen LogP contribution in [0.2, 0.25) is 0 Å². The highest BCUT2D eigenvalue weighted by Crippen LogP contribution is 2.15. The highest BCUT2D eigenvalue weighted by molar-refractivity contribution is 5.81. The predicted molar refractivity (Wildman–Crippen MR) is 58.0 cm³/mol. The Morgan fingerprint density at radius 1 is 1.40 bits per heavy atom. The van der Waals surface area contributed by atoms with Gasteiger partial charge in [0.05, 0.1) is 17.9 Å². The first kappa shape index (κ1) is 11.6. The van der Waals surface area contributed by atoms with Crippen molar-refractivity contribution in [3.63, 3.8) is 0 Å². The van der Waals surface area contributed by atoms with Gasteiger partial charge >= 0.3 is 0 Å². The van der Waals surface area contributed by atoms with Crippen LogP contribution in [-0.2, 0) is 4.79 Å². The Labute approximate surface area is 90.1 Å². The maximum atomic E-state index is 11.7. The quantitative estimate of drug-likeness (QED) is 0.803. The number of rotatable bonds is 2. The Morgan fingerprint density at radius 2 is 2.07 bits per heavy atom. The average molecular weight is 207 g/mol. The molecule has 1 rings (SSSR count). The average Bonchev–Trinajstić information content (AvgIpc) is 2.17. The molecule has 1 N–H and O–H groups in total. The molecule has 0 saturated heterocycles. The van der Waals surface area contributed by atoms with E-state index in [1.807, 2.05) is 27.7 Å². The lowest BCUT2D eigenvalue weighted by molar-refractivity contribution is -0.129. The standard InChI is InChI=1S/C11H17N3O/c1-8(9-7-12-5-6-13-9)14-10(15)11(2,3)4/h5-8H,1-4H3,(H,14,15)/t8-/m0/s1. The van der Waals surface area contributed by atoms with Gasteiger partial charge in [0.15, 0.2) is 0 Å². The van der Waals surface area contributed by atoms with E-state index in [1.54, 1.807) is 18.6 Å². The van der Waals surface area contributed by atoms with E-state index in [9.17, 15) is 4.79 Å². The molecule has 0 fully saturated rings. The Hall–Kier alpha value is -1.45. The number of carbonyl (C=O) groups excluding carboxylic acids is 1. The van der Waals surface area contributed by atoms with Crippen LogP contribution in [0.15, 0.2) is 18.6 Å². The smallest absolute Gasteiger partial charge is 0.225 e. The van der Waals surface area contributed by atoms with Gasteiger partial charge in [0.1, 0.15) is 0 Å². The highest BCUT2D eigenvalue weighted by atomic mass is 16.2. The monoisotopic (exact) mass is 207 g/mol. The summed E-state index contributed by atoms with van der Waals surface area (Å²) in [4.78, 5) is 19.8. The number of hydrogen-bond acceptors (Lipinski definition) is 3. The van der Waals surface area contributed by atoms with Gasteiger partial charge in [-0.25, -0.2) is 0 Å². The molecule has 4 heteroatoms. The van der Waals surface area contributed by atoms with E-state index in [2.05, 4.69) is 15.3 Å². The Balaban J connectivity index is 2.65. The molecule has 0 aliphatic heterocycles. The molecule has 0 aromatic carbocycles. The highest BCUT2D eigenvalue weighted by Gasteiger charge is 2.23. The fourth-order valence-electron chi connectivity index (χ4n) is 1.02. The first-order chi connectivity index (χ1) is 6.91. The van der Waals surface area contributed by atoms with Crippen LogP contribution in [0.3, 0.4) is 0 Å².